The maximum Gasteiger partial charge on any atom is 0.223 e. The van der Waals surface area contributed by atoms with E-state index in [0.29, 0.717) is 31.5 Å². The average molecular weight is 268 g/mol. The van der Waals surface area contributed by atoms with Crippen molar-refractivity contribution in [2.75, 3.05) is 19.7 Å². The van der Waals surface area contributed by atoms with Crippen LogP contribution >= 0.6 is 0 Å². The molecule has 1 amide bonds. The first kappa shape index (κ1) is 14.8. The average Bonchev–Trinajstić information content (AvgIpc) is 2.68. The van der Waals surface area contributed by atoms with Crippen molar-refractivity contribution in [2.24, 2.45) is 11.7 Å². The first-order chi connectivity index (χ1) is 9.20. The maximum atomic E-state index is 12.5. The lowest BCUT2D eigenvalue weighted by Crippen LogP contribution is -2.53. The molecule has 0 aromatic carbocycles. The molecule has 0 spiro atoms. The summed E-state index contributed by atoms with van der Waals surface area (Å²) in [5.74, 6) is 0.905. The van der Waals surface area contributed by atoms with E-state index < -0.39 is 0 Å². The molecule has 0 bridgehead atoms. The van der Waals surface area contributed by atoms with Gasteiger partial charge in [0.1, 0.15) is 0 Å². The minimum atomic E-state index is 0.0225. The highest BCUT2D eigenvalue weighted by atomic mass is 16.5. The molecule has 1 aliphatic carbocycles. The number of amides is 1. The minimum absolute atomic E-state index is 0.0225. The van der Waals surface area contributed by atoms with Gasteiger partial charge in [0.15, 0.2) is 0 Å². The third-order valence-corrected chi connectivity index (χ3v) is 4.53. The van der Waals surface area contributed by atoms with Crippen molar-refractivity contribution in [3.05, 3.63) is 0 Å². The summed E-state index contributed by atoms with van der Waals surface area (Å²) >= 11 is 0. The van der Waals surface area contributed by atoms with E-state index in [0.717, 1.165) is 6.42 Å². The molecule has 2 unspecified atom stereocenters. The number of nitrogens with zero attached hydrogens (tertiary/aromatic N) is 1. The zero-order valence-corrected chi connectivity index (χ0v) is 12.1. The fourth-order valence-electron chi connectivity index (χ4n) is 3.24. The van der Waals surface area contributed by atoms with Gasteiger partial charge in [-0.2, -0.15) is 0 Å². The number of carbonyl (C=O) groups is 1. The van der Waals surface area contributed by atoms with E-state index >= 15 is 0 Å². The van der Waals surface area contributed by atoms with Crippen LogP contribution in [-0.4, -0.2) is 42.6 Å². The molecular weight excluding hydrogens is 240 g/mol. The van der Waals surface area contributed by atoms with Gasteiger partial charge in [0.05, 0.1) is 18.8 Å². The van der Waals surface area contributed by atoms with Crippen LogP contribution in [0.3, 0.4) is 0 Å². The summed E-state index contributed by atoms with van der Waals surface area (Å²) in [6.07, 6.45) is 8.47. The van der Waals surface area contributed by atoms with Gasteiger partial charge >= 0.3 is 0 Å². The summed E-state index contributed by atoms with van der Waals surface area (Å²) in [6, 6.07) is 0.195. The molecule has 2 N–H and O–H groups in total. The van der Waals surface area contributed by atoms with Crippen LogP contribution in [0.1, 0.15) is 51.9 Å². The molecule has 1 heterocycles. The van der Waals surface area contributed by atoms with E-state index in [1.54, 1.807) is 0 Å². The van der Waals surface area contributed by atoms with Crippen molar-refractivity contribution >= 4 is 5.91 Å². The van der Waals surface area contributed by atoms with Gasteiger partial charge in [0.2, 0.25) is 5.91 Å². The Hall–Kier alpha value is -0.610. The van der Waals surface area contributed by atoms with Crippen molar-refractivity contribution in [3.63, 3.8) is 0 Å². The van der Waals surface area contributed by atoms with Crippen LogP contribution in [0.25, 0.3) is 0 Å². The Labute approximate surface area is 116 Å². The van der Waals surface area contributed by atoms with E-state index in [4.69, 9.17) is 10.5 Å². The molecule has 110 valence electrons. The van der Waals surface area contributed by atoms with E-state index in [1.165, 1.54) is 38.5 Å². The number of rotatable bonds is 3. The van der Waals surface area contributed by atoms with E-state index in [1.807, 2.05) is 4.90 Å². The minimum Gasteiger partial charge on any atom is -0.373 e. The van der Waals surface area contributed by atoms with Crippen LogP contribution < -0.4 is 5.73 Å². The number of carbonyl (C=O) groups excluding carboxylic acids is 1. The second-order valence-corrected chi connectivity index (χ2v) is 6.15. The Bertz CT molecular complexity index is 288. The summed E-state index contributed by atoms with van der Waals surface area (Å²) in [5.41, 5.74) is 5.65. The molecule has 19 heavy (non-hydrogen) atoms. The zero-order valence-electron chi connectivity index (χ0n) is 12.1. The number of hydrogen-bond donors (Lipinski definition) is 1. The molecule has 2 atom stereocenters. The fourth-order valence-corrected chi connectivity index (χ4v) is 3.24. The number of nitrogens with two attached hydrogens (primary N) is 1. The Kier molecular flexibility index (Phi) is 5.64. The van der Waals surface area contributed by atoms with Crippen molar-refractivity contribution in [1.29, 1.82) is 0 Å². The molecule has 4 nitrogen and oxygen atoms in total. The molecule has 0 aromatic heterocycles. The normalized spacial score (nSPS) is 30.1. The molecule has 1 saturated carbocycles. The smallest absolute Gasteiger partial charge is 0.223 e. The van der Waals surface area contributed by atoms with E-state index in [2.05, 4.69) is 6.92 Å². The largest absolute Gasteiger partial charge is 0.373 e. The summed E-state index contributed by atoms with van der Waals surface area (Å²) in [7, 11) is 0. The van der Waals surface area contributed by atoms with Crippen molar-refractivity contribution in [1.82, 2.24) is 4.90 Å². The second-order valence-electron chi connectivity index (χ2n) is 6.15. The van der Waals surface area contributed by atoms with Crippen molar-refractivity contribution in [2.45, 2.75) is 64.0 Å². The molecule has 2 aliphatic rings. The molecule has 2 rings (SSSR count). The Morgan fingerprint density at radius 2 is 1.95 bits per heavy atom. The Morgan fingerprint density at radius 3 is 2.58 bits per heavy atom. The highest BCUT2D eigenvalue weighted by Gasteiger charge is 2.30. The molecule has 2 fully saturated rings. The predicted molar refractivity (Wildman–Crippen MR) is 75.8 cm³/mol. The van der Waals surface area contributed by atoms with Gasteiger partial charge in [-0.3, -0.25) is 4.79 Å². The van der Waals surface area contributed by atoms with Gasteiger partial charge in [-0.25, -0.2) is 0 Å². The highest BCUT2D eigenvalue weighted by Crippen LogP contribution is 2.26. The standard InChI is InChI=1S/C15H28N2O2/c1-12-11-19-14(9-16)10-17(12)15(18)8-13-6-4-2-3-5-7-13/h12-14H,2-11,16H2,1H3. The van der Waals surface area contributed by atoms with Gasteiger partial charge < -0.3 is 15.4 Å². The van der Waals surface area contributed by atoms with Gasteiger partial charge in [-0.1, -0.05) is 25.7 Å². The highest BCUT2D eigenvalue weighted by molar-refractivity contribution is 5.77. The van der Waals surface area contributed by atoms with Gasteiger partial charge in [0, 0.05) is 19.5 Å². The quantitative estimate of drug-likeness (QED) is 0.796. The van der Waals surface area contributed by atoms with Gasteiger partial charge in [-0.15, -0.1) is 0 Å². The molecule has 0 radical (unpaired) electrons. The van der Waals surface area contributed by atoms with Crippen molar-refractivity contribution < 1.29 is 9.53 Å². The first-order valence-electron chi connectivity index (χ1n) is 7.82. The predicted octanol–water partition coefficient (Wildman–Crippen LogP) is 1.92. The van der Waals surface area contributed by atoms with Crippen LogP contribution in [0.2, 0.25) is 0 Å². The lowest BCUT2D eigenvalue weighted by atomic mass is 9.95. The molecule has 1 aliphatic heterocycles. The summed E-state index contributed by atoms with van der Waals surface area (Å²) in [5, 5.41) is 0. The lowest BCUT2D eigenvalue weighted by molar-refractivity contribution is -0.144. The van der Waals surface area contributed by atoms with E-state index in [-0.39, 0.29) is 12.1 Å². The molecular formula is C15H28N2O2. The van der Waals surface area contributed by atoms with Crippen LogP contribution in [0.5, 0.6) is 0 Å². The summed E-state index contributed by atoms with van der Waals surface area (Å²) in [4.78, 5) is 14.5. The SMILES string of the molecule is CC1COC(CN)CN1C(=O)CC1CCCCCC1. The third-order valence-electron chi connectivity index (χ3n) is 4.53. The monoisotopic (exact) mass is 268 g/mol. The van der Waals surface area contributed by atoms with E-state index in [9.17, 15) is 4.79 Å². The van der Waals surface area contributed by atoms with Gasteiger partial charge in [0.25, 0.3) is 0 Å². The van der Waals surface area contributed by atoms with Crippen molar-refractivity contribution in [3.8, 4) is 0 Å². The van der Waals surface area contributed by atoms with Crippen LogP contribution in [0.4, 0.5) is 0 Å². The second kappa shape index (κ2) is 7.25. The third kappa shape index (κ3) is 4.18. The van der Waals surface area contributed by atoms with Crippen LogP contribution in [0.15, 0.2) is 0 Å². The molecule has 1 saturated heterocycles. The van der Waals surface area contributed by atoms with Crippen LogP contribution in [-0.2, 0) is 9.53 Å². The Morgan fingerprint density at radius 1 is 1.26 bits per heavy atom. The topological polar surface area (TPSA) is 55.6 Å². The number of ether oxygens (including phenoxy) is 1. The Balaban J connectivity index is 1.86. The fraction of sp³-hybridized carbons (Fsp3) is 0.933. The number of hydrogen-bond acceptors (Lipinski definition) is 3. The summed E-state index contributed by atoms with van der Waals surface area (Å²) < 4.78 is 5.61. The lowest BCUT2D eigenvalue weighted by Gasteiger charge is -2.38. The molecule has 4 heteroatoms. The van der Waals surface area contributed by atoms with Gasteiger partial charge in [-0.05, 0) is 25.7 Å². The number of morpholine rings is 1. The van der Waals surface area contributed by atoms with Crippen LogP contribution in [0, 0.1) is 5.92 Å². The first-order valence-corrected chi connectivity index (χ1v) is 7.82. The zero-order chi connectivity index (χ0) is 13.7. The summed E-state index contributed by atoms with van der Waals surface area (Å²) in [6.45, 7) is 3.86. The molecule has 0 aromatic rings. The maximum absolute atomic E-state index is 12.5.